The monoisotopic (exact) mass is 507 g/mol. The van der Waals surface area contributed by atoms with Crippen LogP contribution in [0.1, 0.15) is 22.8 Å². The van der Waals surface area contributed by atoms with Gasteiger partial charge in [-0.05, 0) is 61.5 Å². The predicted molar refractivity (Wildman–Crippen MR) is 131 cm³/mol. The van der Waals surface area contributed by atoms with Crippen LogP contribution in [0.15, 0.2) is 89.2 Å². The van der Waals surface area contributed by atoms with Gasteiger partial charge in [0.1, 0.15) is 11.4 Å². The van der Waals surface area contributed by atoms with E-state index in [1.165, 1.54) is 36.5 Å². The van der Waals surface area contributed by atoms with Crippen molar-refractivity contribution in [2.24, 2.45) is 10.2 Å². The van der Waals surface area contributed by atoms with Gasteiger partial charge in [0.15, 0.2) is 0 Å². The lowest BCUT2D eigenvalue weighted by atomic mass is 10.1. The summed E-state index contributed by atoms with van der Waals surface area (Å²) in [6, 6.07) is 17.5. The van der Waals surface area contributed by atoms with Crippen LogP contribution in [0.4, 0.5) is 36.2 Å². The van der Waals surface area contributed by atoms with E-state index in [2.05, 4.69) is 25.5 Å². The minimum atomic E-state index is -4.43. The Balaban J connectivity index is 1.62. The summed E-state index contributed by atoms with van der Waals surface area (Å²) in [6.07, 6.45) is -2.92. The topological polar surface area (TPSA) is 109 Å². The summed E-state index contributed by atoms with van der Waals surface area (Å²) >= 11 is 0. The average molecular weight is 507 g/mol. The standard InChI is InChI=1S/C26H20F3N5O3/c1-2-37-23-12-7-16(24(35)36)15-22(23)34-33-21-6-4-3-5-19(21)20-13-14-30-25(32-20)31-18-10-8-17(9-11-18)26(27,28)29/h3-15H,2H2,1H3,(H,35,36)(H,30,31,32)/b34-33+. The second kappa shape index (κ2) is 10.9. The fourth-order valence-corrected chi connectivity index (χ4v) is 3.33. The Morgan fingerprint density at radius 2 is 1.73 bits per heavy atom. The van der Waals surface area contributed by atoms with Gasteiger partial charge in [-0.1, -0.05) is 18.2 Å². The van der Waals surface area contributed by atoms with Crippen LogP contribution < -0.4 is 10.1 Å². The van der Waals surface area contributed by atoms with Gasteiger partial charge in [-0.3, -0.25) is 0 Å². The molecule has 4 aromatic rings. The Bertz CT molecular complexity index is 1440. The summed E-state index contributed by atoms with van der Waals surface area (Å²) in [5.41, 5.74) is 1.47. The Morgan fingerprint density at radius 1 is 1.00 bits per heavy atom. The normalized spacial score (nSPS) is 11.5. The van der Waals surface area contributed by atoms with Crippen molar-refractivity contribution in [3.63, 3.8) is 0 Å². The summed E-state index contributed by atoms with van der Waals surface area (Å²) in [4.78, 5) is 20.0. The molecule has 2 N–H and O–H groups in total. The SMILES string of the molecule is CCOc1ccc(C(=O)O)cc1/N=N/c1ccccc1-c1ccnc(Nc2ccc(C(F)(F)F)cc2)n1. The van der Waals surface area contributed by atoms with Crippen LogP contribution in [-0.4, -0.2) is 27.7 Å². The molecule has 188 valence electrons. The van der Waals surface area contributed by atoms with E-state index in [0.717, 1.165) is 12.1 Å². The zero-order valence-electron chi connectivity index (χ0n) is 19.4. The highest BCUT2D eigenvalue weighted by atomic mass is 19.4. The Hall–Kier alpha value is -4.80. The van der Waals surface area contributed by atoms with Crippen molar-refractivity contribution < 1.29 is 27.8 Å². The highest BCUT2D eigenvalue weighted by Crippen LogP contribution is 2.34. The number of benzene rings is 3. The molecular weight excluding hydrogens is 487 g/mol. The minimum Gasteiger partial charge on any atom is -0.492 e. The zero-order valence-corrected chi connectivity index (χ0v) is 19.4. The number of rotatable bonds is 8. The molecule has 1 heterocycles. The van der Waals surface area contributed by atoms with Crippen molar-refractivity contribution in [3.8, 4) is 17.0 Å². The van der Waals surface area contributed by atoms with E-state index in [1.807, 2.05) is 0 Å². The first-order chi connectivity index (χ1) is 17.7. The summed E-state index contributed by atoms with van der Waals surface area (Å²) in [5, 5.41) is 20.7. The van der Waals surface area contributed by atoms with E-state index in [-0.39, 0.29) is 17.2 Å². The van der Waals surface area contributed by atoms with Crippen molar-refractivity contribution in [3.05, 3.63) is 90.1 Å². The first-order valence-corrected chi connectivity index (χ1v) is 11.0. The van der Waals surface area contributed by atoms with Crippen molar-refractivity contribution in [2.45, 2.75) is 13.1 Å². The van der Waals surface area contributed by atoms with Crippen molar-refractivity contribution >= 4 is 29.0 Å². The molecule has 37 heavy (non-hydrogen) atoms. The molecule has 1 aromatic heterocycles. The number of hydrogen-bond acceptors (Lipinski definition) is 7. The first kappa shape index (κ1) is 25.3. The summed E-state index contributed by atoms with van der Waals surface area (Å²) < 4.78 is 44.0. The van der Waals surface area contributed by atoms with Crippen molar-refractivity contribution in [1.82, 2.24) is 9.97 Å². The van der Waals surface area contributed by atoms with Gasteiger partial charge < -0.3 is 15.2 Å². The maximum absolute atomic E-state index is 12.8. The smallest absolute Gasteiger partial charge is 0.416 e. The molecule has 4 rings (SSSR count). The number of carbonyl (C=O) groups is 1. The maximum Gasteiger partial charge on any atom is 0.416 e. The number of alkyl halides is 3. The molecule has 11 heteroatoms. The molecule has 0 radical (unpaired) electrons. The van der Waals surface area contributed by atoms with E-state index in [9.17, 15) is 23.1 Å². The van der Waals surface area contributed by atoms with Crippen LogP contribution in [0.2, 0.25) is 0 Å². The van der Waals surface area contributed by atoms with Gasteiger partial charge in [-0.15, -0.1) is 10.2 Å². The quantitative estimate of drug-likeness (QED) is 0.240. The largest absolute Gasteiger partial charge is 0.492 e. The molecule has 0 aliphatic rings. The average Bonchev–Trinajstić information content (AvgIpc) is 2.88. The van der Waals surface area contributed by atoms with E-state index < -0.39 is 17.7 Å². The van der Waals surface area contributed by atoms with Crippen LogP contribution in [0, 0.1) is 0 Å². The number of nitrogens with zero attached hydrogens (tertiary/aromatic N) is 4. The van der Waals surface area contributed by atoms with Crippen LogP contribution in [0.25, 0.3) is 11.3 Å². The lowest BCUT2D eigenvalue weighted by molar-refractivity contribution is -0.137. The fraction of sp³-hybridized carbons (Fsp3) is 0.115. The molecule has 0 saturated heterocycles. The second-order valence-corrected chi connectivity index (χ2v) is 7.60. The number of halogens is 3. The zero-order chi connectivity index (χ0) is 26.4. The van der Waals surface area contributed by atoms with Gasteiger partial charge in [0, 0.05) is 17.4 Å². The molecular formula is C26H20F3N5O3. The number of carboxylic acids is 1. The van der Waals surface area contributed by atoms with E-state index in [1.54, 1.807) is 37.3 Å². The number of ether oxygens (including phenoxy) is 1. The molecule has 0 spiro atoms. The van der Waals surface area contributed by atoms with Gasteiger partial charge in [-0.25, -0.2) is 14.8 Å². The Kier molecular flexibility index (Phi) is 7.42. The van der Waals surface area contributed by atoms with Crippen molar-refractivity contribution in [2.75, 3.05) is 11.9 Å². The lowest BCUT2D eigenvalue weighted by Crippen LogP contribution is -2.04. The van der Waals surface area contributed by atoms with Gasteiger partial charge in [0.25, 0.3) is 0 Å². The molecule has 0 aliphatic carbocycles. The van der Waals surface area contributed by atoms with Crippen LogP contribution in [-0.2, 0) is 6.18 Å². The number of aromatic nitrogens is 2. The van der Waals surface area contributed by atoms with Crippen LogP contribution >= 0.6 is 0 Å². The van der Waals surface area contributed by atoms with Gasteiger partial charge in [-0.2, -0.15) is 13.2 Å². The molecule has 0 unspecified atom stereocenters. The molecule has 0 atom stereocenters. The lowest BCUT2D eigenvalue weighted by Gasteiger charge is -2.10. The summed E-state index contributed by atoms with van der Waals surface area (Å²) in [5.74, 6) is -0.537. The van der Waals surface area contributed by atoms with Gasteiger partial charge >= 0.3 is 12.1 Å². The van der Waals surface area contributed by atoms with Gasteiger partial charge in [0.2, 0.25) is 5.95 Å². The molecule has 0 amide bonds. The first-order valence-electron chi connectivity index (χ1n) is 11.0. The number of azo groups is 1. The minimum absolute atomic E-state index is 0.0421. The van der Waals surface area contributed by atoms with E-state index in [4.69, 9.17) is 4.74 Å². The van der Waals surface area contributed by atoms with E-state index >= 15 is 0 Å². The predicted octanol–water partition coefficient (Wildman–Crippen LogP) is 7.42. The highest BCUT2D eigenvalue weighted by Gasteiger charge is 2.29. The van der Waals surface area contributed by atoms with Crippen LogP contribution in [0.3, 0.4) is 0 Å². The third-order valence-corrected chi connectivity index (χ3v) is 5.08. The number of anilines is 2. The second-order valence-electron chi connectivity index (χ2n) is 7.60. The Labute approximate surface area is 209 Å². The fourth-order valence-electron chi connectivity index (χ4n) is 3.33. The maximum atomic E-state index is 12.8. The molecule has 0 bridgehead atoms. The van der Waals surface area contributed by atoms with Gasteiger partial charge in [0.05, 0.1) is 29.1 Å². The number of carboxylic acid groups (broad SMARTS) is 1. The third kappa shape index (κ3) is 6.26. The molecule has 0 aliphatic heterocycles. The van der Waals surface area contributed by atoms with Crippen molar-refractivity contribution in [1.29, 1.82) is 0 Å². The summed E-state index contributed by atoms with van der Waals surface area (Å²) in [7, 11) is 0. The van der Waals surface area contributed by atoms with Crippen LogP contribution in [0.5, 0.6) is 5.75 Å². The Morgan fingerprint density at radius 3 is 2.43 bits per heavy atom. The molecule has 3 aromatic carbocycles. The number of hydrogen-bond donors (Lipinski definition) is 2. The molecule has 0 saturated carbocycles. The summed E-state index contributed by atoms with van der Waals surface area (Å²) in [6.45, 7) is 2.16. The highest BCUT2D eigenvalue weighted by molar-refractivity contribution is 5.89. The number of aromatic carboxylic acids is 1. The number of nitrogens with one attached hydrogen (secondary N) is 1. The van der Waals surface area contributed by atoms with E-state index in [0.29, 0.717) is 35.0 Å². The molecule has 8 nitrogen and oxygen atoms in total. The molecule has 0 fully saturated rings. The third-order valence-electron chi connectivity index (χ3n) is 5.08.